The predicted molar refractivity (Wildman–Crippen MR) is 38.9 cm³/mol. The van der Waals surface area contributed by atoms with Gasteiger partial charge >= 0.3 is 0 Å². The lowest BCUT2D eigenvalue weighted by Gasteiger charge is -2.23. The summed E-state index contributed by atoms with van der Waals surface area (Å²) in [5.41, 5.74) is 0. The van der Waals surface area contributed by atoms with Crippen molar-refractivity contribution >= 4 is 11.8 Å². The first kappa shape index (κ1) is 6.43. The first-order valence-corrected chi connectivity index (χ1v) is 4.14. The van der Waals surface area contributed by atoms with Crippen molar-refractivity contribution in [2.45, 2.75) is 6.92 Å². The van der Waals surface area contributed by atoms with Crippen molar-refractivity contribution in [3.63, 3.8) is 0 Å². The molecule has 0 aliphatic carbocycles. The van der Waals surface area contributed by atoms with Crippen molar-refractivity contribution < 1.29 is 0 Å². The summed E-state index contributed by atoms with van der Waals surface area (Å²) < 4.78 is 0. The van der Waals surface area contributed by atoms with E-state index in [1.807, 2.05) is 11.8 Å². The molecule has 47 valence electrons. The molecule has 0 N–H and O–H groups in total. The first-order chi connectivity index (χ1) is 3.93. The van der Waals surface area contributed by atoms with Gasteiger partial charge in [-0.25, -0.2) is 0 Å². The Labute approximate surface area is 55.4 Å². The predicted octanol–water partition coefficient (Wildman–Crippen LogP) is 1.22. The van der Waals surface area contributed by atoms with Crippen molar-refractivity contribution in [3.05, 3.63) is 5.75 Å². The molecule has 0 aromatic rings. The monoisotopic (exact) mass is 130 g/mol. The molecule has 0 unspecified atom stereocenters. The Hall–Kier alpha value is 0.310. The highest BCUT2D eigenvalue weighted by atomic mass is 32.2. The van der Waals surface area contributed by atoms with Crippen molar-refractivity contribution in [3.8, 4) is 0 Å². The molecule has 2 heteroatoms. The zero-order valence-corrected chi connectivity index (χ0v) is 6.08. The van der Waals surface area contributed by atoms with Crippen LogP contribution in [0, 0.1) is 5.75 Å². The van der Waals surface area contributed by atoms with E-state index < -0.39 is 0 Å². The fourth-order valence-corrected chi connectivity index (χ4v) is 1.65. The number of hydrogen-bond donors (Lipinski definition) is 0. The number of rotatable bonds is 1. The van der Waals surface area contributed by atoms with Crippen molar-refractivity contribution in [1.29, 1.82) is 0 Å². The van der Waals surface area contributed by atoms with Gasteiger partial charge in [-0.15, -0.1) is 0 Å². The third-order valence-electron chi connectivity index (χ3n) is 1.42. The highest BCUT2D eigenvalue weighted by Crippen LogP contribution is 2.12. The van der Waals surface area contributed by atoms with Crippen LogP contribution < -0.4 is 0 Å². The molecule has 0 atom stereocenters. The van der Waals surface area contributed by atoms with Gasteiger partial charge in [-0.05, 0) is 6.54 Å². The summed E-state index contributed by atoms with van der Waals surface area (Å²) in [6, 6.07) is 0. The largest absolute Gasteiger partial charge is 0.302 e. The fraction of sp³-hybridized carbons (Fsp3) is 0.833. The average molecular weight is 130 g/mol. The van der Waals surface area contributed by atoms with Gasteiger partial charge in [0.05, 0.1) is 0 Å². The molecule has 1 aliphatic heterocycles. The highest BCUT2D eigenvalue weighted by molar-refractivity contribution is 8.01. The van der Waals surface area contributed by atoms with Crippen LogP contribution in [0.2, 0.25) is 0 Å². The van der Waals surface area contributed by atoms with E-state index >= 15 is 0 Å². The maximum absolute atomic E-state index is 2.44. The maximum atomic E-state index is 2.44. The molecule has 1 radical (unpaired) electrons. The van der Waals surface area contributed by atoms with Gasteiger partial charge in [0.25, 0.3) is 0 Å². The average Bonchev–Trinajstić information content (AvgIpc) is 1.90. The maximum Gasteiger partial charge on any atom is 0.0306 e. The van der Waals surface area contributed by atoms with Gasteiger partial charge in [0, 0.05) is 24.6 Å². The van der Waals surface area contributed by atoms with E-state index in [0.29, 0.717) is 0 Å². The SMILES string of the molecule is CCN1C[CH]SCC1. The van der Waals surface area contributed by atoms with Crippen LogP contribution in [0.25, 0.3) is 0 Å². The van der Waals surface area contributed by atoms with Crippen LogP contribution in [-0.2, 0) is 0 Å². The molecular formula is C6H12NS. The van der Waals surface area contributed by atoms with E-state index in [9.17, 15) is 0 Å². The van der Waals surface area contributed by atoms with Crippen molar-refractivity contribution in [2.75, 3.05) is 25.4 Å². The minimum absolute atomic E-state index is 1.18. The minimum Gasteiger partial charge on any atom is -0.302 e. The molecule has 0 bridgehead atoms. The lowest BCUT2D eigenvalue weighted by Crippen LogP contribution is -2.30. The Morgan fingerprint density at radius 2 is 2.62 bits per heavy atom. The quantitative estimate of drug-likeness (QED) is 0.525. The van der Waals surface area contributed by atoms with Gasteiger partial charge in [-0.3, -0.25) is 0 Å². The molecule has 0 amide bonds. The molecular weight excluding hydrogens is 118 g/mol. The summed E-state index contributed by atoms with van der Waals surface area (Å²) in [5, 5.41) is 0. The van der Waals surface area contributed by atoms with E-state index in [4.69, 9.17) is 0 Å². The molecule has 1 fully saturated rings. The molecule has 1 nitrogen and oxygen atoms in total. The molecule has 1 rings (SSSR count). The normalized spacial score (nSPS) is 23.6. The van der Waals surface area contributed by atoms with Crippen LogP contribution in [0.15, 0.2) is 0 Å². The third kappa shape index (κ3) is 1.67. The van der Waals surface area contributed by atoms with E-state index in [2.05, 4.69) is 17.6 Å². The topological polar surface area (TPSA) is 3.24 Å². The minimum atomic E-state index is 1.18. The fourth-order valence-electron chi connectivity index (χ4n) is 0.802. The molecule has 0 saturated carbocycles. The van der Waals surface area contributed by atoms with Gasteiger partial charge < -0.3 is 4.90 Å². The second-order valence-electron chi connectivity index (χ2n) is 1.93. The van der Waals surface area contributed by atoms with Gasteiger partial charge in [-0.2, -0.15) is 11.8 Å². The lowest BCUT2D eigenvalue weighted by atomic mass is 10.5. The van der Waals surface area contributed by atoms with E-state index in [-0.39, 0.29) is 0 Å². The summed E-state index contributed by atoms with van der Waals surface area (Å²) in [6.07, 6.45) is 0. The van der Waals surface area contributed by atoms with Gasteiger partial charge in [0.1, 0.15) is 0 Å². The second-order valence-corrected chi connectivity index (χ2v) is 3.01. The summed E-state index contributed by atoms with van der Waals surface area (Å²) in [5.74, 6) is 3.57. The van der Waals surface area contributed by atoms with E-state index in [1.165, 1.54) is 25.4 Å². The molecule has 0 aromatic heterocycles. The Balaban J connectivity index is 2.13. The summed E-state index contributed by atoms with van der Waals surface area (Å²) >= 11 is 1.95. The highest BCUT2D eigenvalue weighted by Gasteiger charge is 2.06. The lowest BCUT2D eigenvalue weighted by molar-refractivity contribution is 0.331. The van der Waals surface area contributed by atoms with Crippen LogP contribution in [-0.4, -0.2) is 30.3 Å². The molecule has 0 spiro atoms. The molecule has 1 aliphatic rings. The summed E-state index contributed by atoms with van der Waals surface area (Å²) in [4.78, 5) is 2.44. The van der Waals surface area contributed by atoms with Crippen molar-refractivity contribution in [2.24, 2.45) is 0 Å². The molecule has 0 aromatic carbocycles. The van der Waals surface area contributed by atoms with Crippen LogP contribution in [0.3, 0.4) is 0 Å². The number of nitrogens with zero attached hydrogens (tertiary/aromatic N) is 1. The van der Waals surface area contributed by atoms with Crippen LogP contribution >= 0.6 is 11.8 Å². The zero-order valence-electron chi connectivity index (χ0n) is 5.26. The molecule has 1 heterocycles. The first-order valence-electron chi connectivity index (χ1n) is 3.09. The van der Waals surface area contributed by atoms with E-state index in [1.54, 1.807) is 0 Å². The zero-order chi connectivity index (χ0) is 5.82. The standard InChI is InChI=1S/C6H12NS/c1-2-7-3-5-8-6-4-7/h5H,2-4,6H2,1H3. The number of hydrogen-bond acceptors (Lipinski definition) is 2. The Bertz CT molecular complexity index is 59.5. The Kier molecular flexibility index (Phi) is 2.70. The van der Waals surface area contributed by atoms with Gasteiger partial charge in [0.15, 0.2) is 0 Å². The van der Waals surface area contributed by atoms with Gasteiger partial charge in [0.2, 0.25) is 0 Å². The summed E-state index contributed by atoms with van der Waals surface area (Å²) in [6.45, 7) is 5.87. The van der Waals surface area contributed by atoms with Crippen LogP contribution in [0.1, 0.15) is 6.92 Å². The summed E-state index contributed by atoms with van der Waals surface area (Å²) in [7, 11) is 0. The smallest absolute Gasteiger partial charge is 0.0306 e. The van der Waals surface area contributed by atoms with Crippen LogP contribution in [0.5, 0.6) is 0 Å². The molecule has 8 heavy (non-hydrogen) atoms. The second kappa shape index (κ2) is 3.36. The van der Waals surface area contributed by atoms with Crippen molar-refractivity contribution in [1.82, 2.24) is 4.90 Å². The van der Waals surface area contributed by atoms with E-state index in [0.717, 1.165) is 0 Å². The third-order valence-corrected chi connectivity index (χ3v) is 2.23. The Morgan fingerprint density at radius 3 is 3.00 bits per heavy atom. The number of thioether (sulfide) groups is 1. The van der Waals surface area contributed by atoms with Gasteiger partial charge in [-0.1, -0.05) is 6.92 Å². The van der Waals surface area contributed by atoms with Crippen LogP contribution in [0.4, 0.5) is 0 Å². The Morgan fingerprint density at radius 1 is 1.75 bits per heavy atom. The molecule has 1 saturated heterocycles.